The molecule has 0 atom stereocenters. The second-order valence-corrected chi connectivity index (χ2v) is 6.30. The number of fused-ring (bicyclic) bond motifs is 3. The molecule has 2 aromatic carbocycles. The zero-order chi connectivity index (χ0) is 19.9. The maximum Gasteiger partial charge on any atom is 0.230 e. The van der Waals surface area contributed by atoms with Gasteiger partial charge in [-0.3, -0.25) is 24.1 Å². The molecule has 0 radical (unpaired) electrons. The Labute approximate surface area is 155 Å². The van der Waals surface area contributed by atoms with Crippen molar-refractivity contribution in [1.82, 2.24) is 4.98 Å². The van der Waals surface area contributed by atoms with Crippen LogP contribution in [0, 0.1) is 0 Å². The van der Waals surface area contributed by atoms with E-state index in [9.17, 15) is 19.2 Å². The predicted octanol–water partition coefficient (Wildman–Crippen LogP) is 3.12. The number of amides is 4. The molecule has 7 heteroatoms. The second kappa shape index (κ2) is 6.68. The lowest BCUT2D eigenvalue weighted by Crippen LogP contribution is -2.33. The fraction of sp³-hybridized carbons (Fsp3) is 0.200. The van der Waals surface area contributed by atoms with E-state index in [0.29, 0.717) is 16.9 Å². The fourth-order valence-electron chi connectivity index (χ4n) is 3.37. The molecule has 7 nitrogen and oxygen atoms in total. The summed E-state index contributed by atoms with van der Waals surface area (Å²) in [6.45, 7) is 5.32. The second-order valence-electron chi connectivity index (χ2n) is 6.30. The summed E-state index contributed by atoms with van der Waals surface area (Å²) in [4.78, 5) is 53.0. The van der Waals surface area contributed by atoms with E-state index in [4.69, 9.17) is 0 Å². The number of nitrogens with one attached hydrogen (secondary N) is 1. The Bertz CT molecular complexity index is 1090. The van der Waals surface area contributed by atoms with E-state index in [-0.39, 0.29) is 23.6 Å². The van der Waals surface area contributed by atoms with Gasteiger partial charge in [-0.15, -0.1) is 0 Å². The van der Waals surface area contributed by atoms with E-state index in [1.807, 2.05) is 6.07 Å². The van der Waals surface area contributed by atoms with Crippen molar-refractivity contribution in [2.24, 2.45) is 0 Å². The van der Waals surface area contributed by atoms with E-state index in [2.05, 4.69) is 4.98 Å². The normalized spacial score (nSPS) is 10.8. The molecule has 27 heavy (non-hydrogen) atoms. The number of hydrogen-bond acceptors (Lipinski definition) is 4. The number of carbonyl (C=O) groups excluding carboxylic acids is 4. The van der Waals surface area contributed by atoms with Gasteiger partial charge in [0, 0.05) is 44.0 Å². The largest absolute Gasteiger partial charge is 0.353 e. The Balaban J connectivity index is 2.28. The third-order valence-corrected chi connectivity index (χ3v) is 4.35. The molecule has 3 rings (SSSR count). The first-order valence-electron chi connectivity index (χ1n) is 8.39. The van der Waals surface area contributed by atoms with Crippen LogP contribution in [-0.4, -0.2) is 28.6 Å². The van der Waals surface area contributed by atoms with Crippen LogP contribution in [0.4, 0.5) is 11.4 Å². The van der Waals surface area contributed by atoms with E-state index < -0.39 is 0 Å². The summed E-state index contributed by atoms with van der Waals surface area (Å²) < 4.78 is 0. The highest BCUT2D eigenvalue weighted by atomic mass is 16.2. The Morgan fingerprint density at radius 1 is 0.741 bits per heavy atom. The van der Waals surface area contributed by atoms with Crippen LogP contribution in [0.5, 0.6) is 0 Å². The van der Waals surface area contributed by atoms with E-state index in [1.54, 1.807) is 30.3 Å². The molecule has 0 saturated heterocycles. The minimum absolute atomic E-state index is 0.373. The maximum absolute atomic E-state index is 11.9. The summed E-state index contributed by atoms with van der Waals surface area (Å²) in [7, 11) is 0. The summed E-state index contributed by atoms with van der Waals surface area (Å²) in [5.74, 6) is -1.51. The van der Waals surface area contributed by atoms with Gasteiger partial charge >= 0.3 is 0 Å². The molecule has 0 aliphatic carbocycles. The number of carbonyl (C=O) groups is 4. The first-order chi connectivity index (χ1) is 12.7. The zero-order valence-corrected chi connectivity index (χ0v) is 15.5. The van der Waals surface area contributed by atoms with Gasteiger partial charge in [-0.2, -0.15) is 0 Å². The minimum Gasteiger partial charge on any atom is -0.353 e. The summed E-state index contributed by atoms with van der Waals surface area (Å²) >= 11 is 0. The number of aromatic amines is 1. The highest BCUT2D eigenvalue weighted by Gasteiger charge is 2.21. The predicted molar refractivity (Wildman–Crippen MR) is 103 cm³/mol. The highest BCUT2D eigenvalue weighted by molar-refractivity contribution is 6.21. The van der Waals surface area contributed by atoms with Gasteiger partial charge in [0.05, 0.1) is 16.9 Å². The number of aromatic nitrogens is 1. The third-order valence-electron chi connectivity index (χ3n) is 4.35. The molecule has 138 valence electrons. The van der Waals surface area contributed by atoms with Gasteiger partial charge in [-0.1, -0.05) is 12.1 Å². The van der Waals surface area contributed by atoms with Crippen LogP contribution in [-0.2, 0) is 19.2 Å². The molecule has 0 fully saturated rings. The highest BCUT2D eigenvalue weighted by Crippen LogP contribution is 2.34. The van der Waals surface area contributed by atoms with Crippen molar-refractivity contribution >= 4 is 56.8 Å². The number of benzene rings is 2. The van der Waals surface area contributed by atoms with Crippen molar-refractivity contribution < 1.29 is 19.2 Å². The fourth-order valence-corrected chi connectivity index (χ4v) is 3.37. The van der Waals surface area contributed by atoms with Crippen LogP contribution in [0.3, 0.4) is 0 Å². The Morgan fingerprint density at radius 2 is 1.33 bits per heavy atom. The topological polar surface area (TPSA) is 90.6 Å². The average molecular weight is 365 g/mol. The van der Waals surface area contributed by atoms with Crippen molar-refractivity contribution in [2.45, 2.75) is 27.7 Å². The lowest BCUT2D eigenvalue weighted by atomic mass is 10.1. The third kappa shape index (κ3) is 3.08. The monoisotopic (exact) mass is 365 g/mol. The molecule has 0 aliphatic rings. The number of H-pyrrole nitrogens is 1. The maximum atomic E-state index is 11.9. The molecule has 1 N–H and O–H groups in total. The first kappa shape index (κ1) is 18.3. The molecule has 0 spiro atoms. The van der Waals surface area contributed by atoms with Crippen LogP contribution < -0.4 is 9.80 Å². The van der Waals surface area contributed by atoms with Gasteiger partial charge in [0.25, 0.3) is 0 Å². The Kier molecular flexibility index (Phi) is 4.53. The Hall–Kier alpha value is -3.48. The number of rotatable bonds is 2. The SMILES string of the molecule is CC(=O)N(C(C)=O)c1ccc2[nH]c3c(N(C(C)=O)C(C)=O)cccc3c2c1. The molecule has 0 aliphatic heterocycles. The van der Waals surface area contributed by atoms with Crippen molar-refractivity contribution in [2.75, 3.05) is 9.80 Å². The molecule has 1 aromatic heterocycles. The van der Waals surface area contributed by atoms with E-state index >= 15 is 0 Å². The van der Waals surface area contributed by atoms with Crippen molar-refractivity contribution in [3.05, 3.63) is 36.4 Å². The molecule has 0 bridgehead atoms. The number of para-hydroxylation sites is 1. The van der Waals surface area contributed by atoms with Crippen LogP contribution in [0.1, 0.15) is 27.7 Å². The van der Waals surface area contributed by atoms with Gasteiger partial charge < -0.3 is 4.98 Å². The number of imide groups is 2. The standard InChI is InChI=1S/C20H19N3O4/c1-11(24)22(12(2)25)15-8-9-18-17(10-15)16-6-5-7-19(20(16)21-18)23(13(3)26)14(4)27/h5-10,21H,1-4H3. The van der Waals surface area contributed by atoms with Gasteiger partial charge in [0.1, 0.15) is 0 Å². The van der Waals surface area contributed by atoms with Crippen molar-refractivity contribution in [3.8, 4) is 0 Å². The van der Waals surface area contributed by atoms with Gasteiger partial charge in [0.15, 0.2) is 0 Å². The van der Waals surface area contributed by atoms with Gasteiger partial charge in [0.2, 0.25) is 23.6 Å². The molecular weight excluding hydrogens is 346 g/mol. The number of anilines is 2. The molecule has 0 saturated carbocycles. The van der Waals surface area contributed by atoms with Crippen LogP contribution in [0.2, 0.25) is 0 Å². The first-order valence-corrected chi connectivity index (χ1v) is 8.39. The van der Waals surface area contributed by atoms with Crippen molar-refractivity contribution in [3.63, 3.8) is 0 Å². The van der Waals surface area contributed by atoms with Gasteiger partial charge in [-0.05, 0) is 24.3 Å². The zero-order valence-electron chi connectivity index (χ0n) is 15.5. The molecule has 0 unspecified atom stereocenters. The quantitative estimate of drug-likeness (QED) is 0.755. The smallest absolute Gasteiger partial charge is 0.230 e. The van der Waals surface area contributed by atoms with Crippen LogP contribution in [0.25, 0.3) is 21.8 Å². The number of hydrogen-bond donors (Lipinski definition) is 1. The Morgan fingerprint density at radius 3 is 1.89 bits per heavy atom. The molecular formula is C20H19N3O4. The summed E-state index contributed by atoms with van der Waals surface area (Å²) in [6.07, 6.45) is 0. The minimum atomic E-state index is -0.381. The van der Waals surface area contributed by atoms with E-state index in [0.717, 1.165) is 26.1 Å². The summed E-state index contributed by atoms with van der Waals surface area (Å²) in [5.41, 5.74) is 2.32. The van der Waals surface area contributed by atoms with Crippen LogP contribution in [0.15, 0.2) is 36.4 Å². The van der Waals surface area contributed by atoms with E-state index in [1.165, 1.54) is 27.7 Å². The lowest BCUT2D eigenvalue weighted by molar-refractivity contribution is -0.125. The average Bonchev–Trinajstić information content (AvgIpc) is 2.93. The van der Waals surface area contributed by atoms with Crippen LogP contribution >= 0.6 is 0 Å². The molecule has 3 aromatic rings. The lowest BCUT2D eigenvalue weighted by Gasteiger charge is -2.18. The summed E-state index contributed by atoms with van der Waals surface area (Å²) in [5, 5.41) is 1.56. The molecule has 1 heterocycles. The van der Waals surface area contributed by atoms with Gasteiger partial charge in [-0.25, -0.2) is 4.90 Å². The number of nitrogens with zero attached hydrogens (tertiary/aromatic N) is 2. The molecule has 4 amide bonds. The summed E-state index contributed by atoms with van der Waals surface area (Å²) in [6, 6.07) is 10.5. The van der Waals surface area contributed by atoms with Crippen molar-refractivity contribution in [1.29, 1.82) is 0 Å².